The summed E-state index contributed by atoms with van der Waals surface area (Å²) in [6.45, 7) is 0. The summed E-state index contributed by atoms with van der Waals surface area (Å²) in [5, 5.41) is 10.6. The zero-order valence-corrected chi connectivity index (χ0v) is 15.8. The molecular formula is C23H20F2N2O2. The molecule has 0 spiro atoms. The number of aliphatic hydroxyl groups excluding tert-OH is 1. The summed E-state index contributed by atoms with van der Waals surface area (Å²) in [5.41, 5.74) is 1.69. The van der Waals surface area contributed by atoms with Gasteiger partial charge in [-0.05, 0) is 35.4 Å². The van der Waals surface area contributed by atoms with Gasteiger partial charge in [0.2, 0.25) is 0 Å². The molecule has 6 heteroatoms. The van der Waals surface area contributed by atoms with Crippen LogP contribution in [0.15, 0.2) is 78.9 Å². The Morgan fingerprint density at radius 1 is 0.966 bits per heavy atom. The Bertz CT molecular complexity index is 1110. The van der Waals surface area contributed by atoms with Crippen LogP contribution >= 0.6 is 0 Å². The molecule has 0 fully saturated rings. The summed E-state index contributed by atoms with van der Waals surface area (Å²) in [7, 11) is 1.49. The summed E-state index contributed by atoms with van der Waals surface area (Å²) < 4.78 is 37.1. The maximum absolute atomic E-state index is 15.6. The number of rotatable bonds is 6. The van der Waals surface area contributed by atoms with Gasteiger partial charge >= 0.3 is 6.05 Å². The highest BCUT2D eigenvalue weighted by atomic mass is 19.3. The number of hydrogen-bond acceptors (Lipinski definition) is 3. The molecule has 1 aromatic heterocycles. The quantitative estimate of drug-likeness (QED) is 0.505. The Balaban J connectivity index is 1.80. The van der Waals surface area contributed by atoms with Crippen molar-refractivity contribution in [2.24, 2.45) is 0 Å². The van der Waals surface area contributed by atoms with Crippen molar-refractivity contribution in [1.29, 1.82) is 0 Å². The van der Waals surface area contributed by atoms with Crippen molar-refractivity contribution >= 4 is 11.0 Å². The third-order valence-electron chi connectivity index (χ3n) is 4.89. The average Bonchev–Trinajstić information content (AvgIpc) is 3.12. The molecule has 3 aromatic carbocycles. The van der Waals surface area contributed by atoms with E-state index in [4.69, 9.17) is 4.74 Å². The van der Waals surface area contributed by atoms with E-state index in [9.17, 15) is 5.11 Å². The van der Waals surface area contributed by atoms with Gasteiger partial charge in [0.25, 0.3) is 0 Å². The number of aliphatic hydroxyl groups is 1. The van der Waals surface area contributed by atoms with Crippen LogP contribution in [0, 0.1) is 0 Å². The lowest BCUT2D eigenvalue weighted by Crippen LogP contribution is -2.32. The summed E-state index contributed by atoms with van der Waals surface area (Å²) in [6.07, 6.45) is -1.82. The highest BCUT2D eigenvalue weighted by Crippen LogP contribution is 2.40. The molecule has 0 saturated carbocycles. The summed E-state index contributed by atoms with van der Waals surface area (Å²) >= 11 is 0. The number of para-hydroxylation sites is 2. The highest BCUT2D eigenvalue weighted by Gasteiger charge is 2.44. The van der Waals surface area contributed by atoms with Crippen LogP contribution in [0.25, 0.3) is 11.0 Å². The predicted molar refractivity (Wildman–Crippen MR) is 107 cm³/mol. The maximum Gasteiger partial charge on any atom is 0.360 e. The zero-order chi connectivity index (χ0) is 20.4. The van der Waals surface area contributed by atoms with Gasteiger partial charge in [0.1, 0.15) is 11.6 Å². The summed E-state index contributed by atoms with van der Waals surface area (Å²) in [5.74, 6) is 0.720. The van der Waals surface area contributed by atoms with Crippen molar-refractivity contribution in [3.05, 3.63) is 95.8 Å². The third kappa shape index (κ3) is 3.59. The van der Waals surface area contributed by atoms with Crippen LogP contribution in [0.3, 0.4) is 0 Å². The second-order valence-electron chi connectivity index (χ2n) is 6.78. The van der Waals surface area contributed by atoms with Crippen molar-refractivity contribution < 1.29 is 18.6 Å². The first-order chi connectivity index (χ1) is 14.0. The number of hydrogen-bond donors (Lipinski definition) is 1. The normalized spacial score (nSPS) is 12.8. The lowest BCUT2D eigenvalue weighted by atomic mass is 10.1. The molecule has 1 N–H and O–H groups in total. The molecule has 4 nitrogen and oxygen atoms in total. The average molecular weight is 394 g/mol. The number of imidazole rings is 1. The van der Waals surface area contributed by atoms with Crippen LogP contribution in [-0.2, 0) is 12.5 Å². The molecule has 0 saturated heterocycles. The van der Waals surface area contributed by atoms with E-state index in [0.717, 1.165) is 10.1 Å². The number of aromatic nitrogens is 2. The molecule has 0 aliphatic heterocycles. The Morgan fingerprint density at radius 2 is 1.62 bits per heavy atom. The second kappa shape index (κ2) is 7.64. The van der Waals surface area contributed by atoms with Gasteiger partial charge in [-0.15, -0.1) is 0 Å². The Kier molecular flexibility index (Phi) is 5.03. The molecular weight excluding hydrogens is 374 g/mol. The molecule has 0 aliphatic carbocycles. The van der Waals surface area contributed by atoms with Gasteiger partial charge in [-0.2, -0.15) is 8.78 Å². The van der Waals surface area contributed by atoms with Crippen LogP contribution < -0.4 is 4.74 Å². The Hall–Kier alpha value is -3.25. The molecule has 4 rings (SSSR count). The molecule has 4 aromatic rings. The maximum atomic E-state index is 15.6. The van der Waals surface area contributed by atoms with Crippen molar-refractivity contribution in [3.63, 3.8) is 0 Å². The predicted octanol–water partition coefficient (Wildman–Crippen LogP) is 4.92. The van der Waals surface area contributed by atoms with E-state index < -0.39 is 12.2 Å². The molecule has 0 amide bonds. The summed E-state index contributed by atoms with van der Waals surface area (Å²) in [4.78, 5) is 4.43. The fourth-order valence-corrected chi connectivity index (χ4v) is 3.41. The lowest BCUT2D eigenvalue weighted by molar-refractivity contribution is -0.173. The van der Waals surface area contributed by atoms with Crippen LogP contribution in [0.2, 0.25) is 0 Å². The molecule has 1 atom stereocenters. The largest absolute Gasteiger partial charge is 0.497 e. The number of halogens is 2. The SMILES string of the molecule is COc1ccc(C(O)C(F)(F)n2c(Cc3ccccc3)nc3ccccc32)cc1. The van der Waals surface area contributed by atoms with E-state index in [-0.39, 0.29) is 23.3 Å². The van der Waals surface area contributed by atoms with Crippen LogP contribution in [-0.4, -0.2) is 21.8 Å². The first kappa shape index (κ1) is 19.1. The van der Waals surface area contributed by atoms with Crippen LogP contribution in [0.4, 0.5) is 8.78 Å². The van der Waals surface area contributed by atoms with E-state index in [1.54, 1.807) is 36.4 Å². The number of methoxy groups -OCH3 is 1. The number of alkyl halides is 2. The fourth-order valence-electron chi connectivity index (χ4n) is 3.41. The van der Waals surface area contributed by atoms with Gasteiger partial charge in [0, 0.05) is 6.42 Å². The van der Waals surface area contributed by atoms with Crippen molar-refractivity contribution in [2.75, 3.05) is 7.11 Å². The first-order valence-corrected chi connectivity index (χ1v) is 9.21. The van der Waals surface area contributed by atoms with E-state index >= 15 is 8.78 Å². The summed E-state index contributed by atoms with van der Waals surface area (Å²) in [6, 6.07) is 18.4. The van der Waals surface area contributed by atoms with Crippen molar-refractivity contribution in [1.82, 2.24) is 9.55 Å². The van der Waals surface area contributed by atoms with Gasteiger partial charge in [0.05, 0.1) is 18.1 Å². The molecule has 0 bridgehead atoms. The second-order valence-corrected chi connectivity index (χ2v) is 6.78. The first-order valence-electron chi connectivity index (χ1n) is 9.21. The zero-order valence-electron chi connectivity index (χ0n) is 15.8. The minimum Gasteiger partial charge on any atom is -0.497 e. The smallest absolute Gasteiger partial charge is 0.360 e. The molecule has 1 unspecified atom stereocenters. The number of ether oxygens (including phenoxy) is 1. The van der Waals surface area contributed by atoms with Gasteiger partial charge in [-0.3, -0.25) is 4.57 Å². The fraction of sp³-hybridized carbons (Fsp3) is 0.174. The molecule has 29 heavy (non-hydrogen) atoms. The minimum absolute atomic E-state index is 0.0965. The van der Waals surface area contributed by atoms with Gasteiger partial charge in [-0.25, -0.2) is 4.98 Å². The Labute approximate surface area is 167 Å². The van der Waals surface area contributed by atoms with Crippen molar-refractivity contribution in [3.8, 4) is 5.75 Å². The molecule has 0 aliphatic rings. The number of fused-ring (bicyclic) bond motifs is 1. The molecule has 0 radical (unpaired) electrons. The number of nitrogens with zero attached hydrogens (tertiary/aromatic N) is 2. The molecule has 148 valence electrons. The van der Waals surface area contributed by atoms with E-state index in [0.29, 0.717) is 11.3 Å². The lowest BCUT2D eigenvalue weighted by Gasteiger charge is -2.26. The standard InChI is InChI=1S/C23H20F2N2O2/c1-29-18-13-11-17(12-14-18)22(28)23(24,25)27-20-10-6-5-9-19(20)26-21(27)15-16-7-3-2-4-8-16/h2-14,22,28H,15H2,1H3. The van der Waals surface area contributed by atoms with Crippen molar-refractivity contribution in [2.45, 2.75) is 18.6 Å². The highest BCUT2D eigenvalue weighted by molar-refractivity contribution is 5.76. The monoisotopic (exact) mass is 394 g/mol. The van der Waals surface area contributed by atoms with Crippen LogP contribution in [0.5, 0.6) is 5.75 Å². The molecule has 1 heterocycles. The number of benzene rings is 3. The third-order valence-corrected chi connectivity index (χ3v) is 4.89. The van der Waals surface area contributed by atoms with E-state index in [1.807, 2.05) is 30.3 Å². The van der Waals surface area contributed by atoms with Gasteiger partial charge in [-0.1, -0.05) is 54.6 Å². The van der Waals surface area contributed by atoms with E-state index in [2.05, 4.69) is 4.98 Å². The van der Waals surface area contributed by atoms with Gasteiger partial charge < -0.3 is 9.84 Å². The Morgan fingerprint density at radius 3 is 2.31 bits per heavy atom. The minimum atomic E-state index is -3.60. The van der Waals surface area contributed by atoms with Gasteiger partial charge in [0.15, 0.2) is 6.10 Å². The topological polar surface area (TPSA) is 47.3 Å². The van der Waals surface area contributed by atoms with E-state index in [1.165, 1.54) is 19.2 Å². The van der Waals surface area contributed by atoms with Crippen LogP contribution in [0.1, 0.15) is 23.1 Å².